The standard InChI is InChI=1S/C15H21N3O3.ClH/c16-15(20)11-2-1-3-13(10-11)21-9-6-14(19)18-12-4-7-17-8-5-12;/h1-3,10,12,17H,4-9H2,(H2,16,20)(H,18,19);1H. The Bertz CT molecular complexity index is 505. The van der Waals surface area contributed by atoms with Gasteiger partial charge in [0, 0.05) is 11.6 Å². The maximum atomic E-state index is 11.8. The van der Waals surface area contributed by atoms with Crippen molar-refractivity contribution in [1.29, 1.82) is 0 Å². The molecule has 0 aromatic heterocycles. The van der Waals surface area contributed by atoms with Crippen molar-refractivity contribution in [2.24, 2.45) is 5.73 Å². The van der Waals surface area contributed by atoms with Crippen LogP contribution in [0.4, 0.5) is 0 Å². The van der Waals surface area contributed by atoms with Gasteiger partial charge in [-0.2, -0.15) is 0 Å². The van der Waals surface area contributed by atoms with E-state index in [1.807, 2.05) is 0 Å². The van der Waals surface area contributed by atoms with Gasteiger partial charge in [0.25, 0.3) is 0 Å². The van der Waals surface area contributed by atoms with Crippen LogP contribution >= 0.6 is 12.4 Å². The van der Waals surface area contributed by atoms with E-state index in [1.165, 1.54) is 0 Å². The third-order valence-electron chi connectivity index (χ3n) is 3.42. The van der Waals surface area contributed by atoms with Crippen LogP contribution in [0.3, 0.4) is 0 Å². The van der Waals surface area contributed by atoms with E-state index in [0.29, 0.717) is 17.7 Å². The molecule has 1 aromatic carbocycles. The van der Waals surface area contributed by atoms with E-state index in [2.05, 4.69) is 10.6 Å². The first-order valence-corrected chi connectivity index (χ1v) is 7.18. The van der Waals surface area contributed by atoms with Crippen LogP contribution in [0.25, 0.3) is 0 Å². The molecule has 0 bridgehead atoms. The van der Waals surface area contributed by atoms with Gasteiger partial charge in [0.2, 0.25) is 11.8 Å². The Morgan fingerprint density at radius 1 is 1.32 bits per heavy atom. The molecule has 1 fully saturated rings. The molecule has 0 aliphatic carbocycles. The number of nitrogens with two attached hydrogens (primary N) is 1. The summed E-state index contributed by atoms with van der Waals surface area (Å²) < 4.78 is 5.48. The van der Waals surface area contributed by atoms with E-state index in [-0.39, 0.29) is 31.0 Å². The Hall–Kier alpha value is -1.79. The molecule has 1 saturated heterocycles. The molecule has 4 N–H and O–H groups in total. The summed E-state index contributed by atoms with van der Waals surface area (Å²) in [4.78, 5) is 22.8. The van der Waals surface area contributed by atoms with Gasteiger partial charge in [-0.3, -0.25) is 9.59 Å². The Labute approximate surface area is 136 Å². The van der Waals surface area contributed by atoms with Crippen molar-refractivity contribution in [1.82, 2.24) is 10.6 Å². The van der Waals surface area contributed by atoms with Crippen LogP contribution in [-0.2, 0) is 4.79 Å². The van der Waals surface area contributed by atoms with Crippen molar-refractivity contribution in [3.63, 3.8) is 0 Å². The lowest BCUT2D eigenvalue weighted by Crippen LogP contribution is -2.43. The van der Waals surface area contributed by atoms with Crippen molar-refractivity contribution in [3.05, 3.63) is 29.8 Å². The molecule has 1 heterocycles. The van der Waals surface area contributed by atoms with E-state index in [1.54, 1.807) is 24.3 Å². The minimum absolute atomic E-state index is 0. The highest BCUT2D eigenvalue weighted by atomic mass is 35.5. The fourth-order valence-corrected chi connectivity index (χ4v) is 2.27. The molecule has 1 aliphatic rings. The molecule has 0 spiro atoms. The SMILES string of the molecule is Cl.NC(=O)c1cccc(OCCC(=O)NC2CCNCC2)c1. The average Bonchev–Trinajstić information content (AvgIpc) is 2.48. The van der Waals surface area contributed by atoms with Gasteiger partial charge in [-0.15, -0.1) is 12.4 Å². The summed E-state index contributed by atoms with van der Waals surface area (Å²) >= 11 is 0. The largest absolute Gasteiger partial charge is 0.493 e. The van der Waals surface area contributed by atoms with Crippen molar-refractivity contribution < 1.29 is 14.3 Å². The number of amides is 2. The van der Waals surface area contributed by atoms with Gasteiger partial charge in [0.1, 0.15) is 5.75 Å². The van der Waals surface area contributed by atoms with Crippen LogP contribution in [0.15, 0.2) is 24.3 Å². The Kier molecular flexibility index (Phi) is 7.70. The molecule has 0 radical (unpaired) electrons. The molecular formula is C15H22ClN3O3. The summed E-state index contributed by atoms with van der Waals surface area (Å²) in [6, 6.07) is 6.89. The summed E-state index contributed by atoms with van der Waals surface area (Å²) in [5, 5.41) is 6.25. The van der Waals surface area contributed by atoms with Gasteiger partial charge in [0.05, 0.1) is 13.0 Å². The molecule has 6 nitrogen and oxygen atoms in total. The molecule has 1 aromatic rings. The average molecular weight is 328 g/mol. The van der Waals surface area contributed by atoms with Gasteiger partial charge in [-0.05, 0) is 44.1 Å². The lowest BCUT2D eigenvalue weighted by atomic mass is 10.1. The van der Waals surface area contributed by atoms with Gasteiger partial charge >= 0.3 is 0 Å². The predicted molar refractivity (Wildman–Crippen MR) is 86.4 cm³/mol. The quantitative estimate of drug-likeness (QED) is 0.722. The maximum Gasteiger partial charge on any atom is 0.248 e. The number of benzene rings is 1. The molecule has 0 atom stereocenters. The number of primary amides is 1. The van der Waals surface area contributed by atoms with E-state index in [0.717, 1.165) is 25.9 Å². The second kappa shape index (κ2) is 9.27. The predicted octanol–water partition coefficient (Wildman–Crippen LogP) is 0.844. The molecule has 0 unspecified atom stereocenters. The highest BCUT2D eigenvalue weighted by Crippen LogP contribution is 2.13. The molecule has 22 heavy (non-hydrogen) atoms. The number of carbonyl (C=O) groups excluding carboxylic acids is 2. The number of hydrogen-bond donors (Lipinski definition) is 3. The topological polar surface area (TPSA) is 93.5 Å². The molecule has 2 amide bonds. The number of piperidine rings is 1. The Morgan fingerprint density at radius 2 is 2.05 bits per heavy atom. The lowest BCUT2D eigenvalue weighted by Gasteiger charge is -2.23. The van der Waals surface area contributed by atoms with Gasteiger partial charge in [-0.25, -0.2) is 0 Å². The van der Waals surface area contributed by atoms with Crippen LogP contribution in [0.2, 0.25) is 0 Å². The lowest BCUT2D eigenvalue weighted by molar-refractivity contribution is -0.122. The monoisotopic (exact) mass is 327 g/mol. The first kappa shape index (κ1) is 18.3. The van der Waals surface area contributed by atoms with Gasteiger partial charge in [0.15, 0.2) is 0 Å². The van der Waals surface area contributed by atoms with E-state index in [9.17, 15) is 9.59 Å². The molecule has 0 saturated carbocycles. The summed E-state index contributed by atoms with van der Waals surface area (Å²) in [5.74, 6) is 0.0398. The number of ether oxygens (including phenoxy) is 1. The van der Waals surface area contributed by atoms with E-state index < -0.39 is 5.91 Å². The number of halogens is 1. The van der Waals surface area contributed by atoms with Gasteiger partial charge in [-0.1, -0.05) is 6.07 Å². The van der Waals surface area contributed by atoms with Crippen LogP contribution in [-0.4, -0.2) is 37.6 Å². The zero-order chi connectivity index (χ0) is 15.1. The second-order valence-corrected chi connectivity index (χ2v) is 5.08. The minimum atomic E-state index is -0.496. The zero-order valence-electron chi connectivity index (χ0n) is 12.3. The second-order valence-electron chi connectivity index (χ2n) is 5.08. The fourth-order valence-electron chi connectivity index (χ4n) is 2.27. The summed E-state index contributed by atoms with van der Waals surface area (Å²) in [6.07, 6.45) is 2.23. The van der Waals surface area contributed by atoms with Gasteiger partial charge < -0.3 is 21.1 Å². The molecule has 2 rings (SSSR count). The highest BCUT2D eigenvalue weighted by Gasteiger charge is 2.15. The van der Waals surface area contributed by atoms with Crippen molar-refractivity contribution in [2.75, 3.05) is 19.7 Å². The molecule has 1 aliphatic heterocycles. The Balaban J connectivity index is 0.00000242. The number of nitrogens with one attached hydrogen (secondary N) is 2. The van der Waals surface area contributed by atoms with E-state index >= 15 is 0 Å². The summed E-state index contributed by atoms with van der Waals surface area (Å²) in [5.41, 5.74) is 5.59. The van der Waals surface area contributed by atoms with Crippen LogP contribution in [0.5, 0.6) is 5.75 Å². The van der Waals surface area contributed by atoms with Crippen LogP contribution in [0.1, 0.15) is 29.6 Å². The molecule has 7 heteroatoms. The number of rotatable bonds is 6. The molecule has 122 valence electrons. The Morgan fingerprint density at radius 3 is 2.73 bits per heavy atom. The fraction of sp³-hybridized carbons (Fsp3) is 0.467. The first-order chi connectivity index (χ1) is 10.1. The van der Waals surface area contributed by atoms with Crippen LogP contribution < -0.4 is 21.1 Å². The summed E-state index contributed by atoms with van der Waals surface area (Å²) in [7, 11) is 0. The van der Waals surface area contributed by atoms with E-state index in [4.69, 9.17) is 10.5 Å². The highest BCUT2D eigenvalue weighted by molar-refractivity contribution is 5.93. The van der Waals surface area contributed by atoms with Crippen molar-refractivity contribution in [2.45, 2.75) is 25.3 Å². The number of carbonyl (C=O) groups is 2. The third-order valence-corrected chi connectivity index (χ3v) is 3.42. The third kappa shape index (κ3) is 5.91. The smallest absolute Gasteiger partial charge is 0.248 e. The summed E-state index contributed by atoms with van der Waals surface area (Å²) in [6.45, 7) is 2.17. The maximum absolute atomic E-state index is 11.8. The number of hydrogen-bond acceptors (Lipinski definition) is 4. The van der Waals surface area contributed by atoms with Crippen molar-refractivity contribution in [3.8, 4) is 5.75 Å². The van der Waals surface area contributed by atoms with Crippen molar-refractivity contribution >= 4 is 24.2 Å². The minimum Gasteiger partial charge on any atom is -0.493 e. The normalized spacial score (nSPS) is 14.7. The van der Waals surface area contributed by atoms with Crippen LogP contribution in [0, 0.1) is 0 Å². The first-order valence-electron chi connectivity index (χ1n) is 7.18. The zero-order valence-corrected chi connectivity index (χ0v) is 13.2. The molecular weight excluding hydrogens is 306 g/mol.